The summed E-state index contributed by atoms with van der Waals surface area (Å²) >= 11 is 4.74. The number of thioether (sulfide) groups is 1. The van der Waals surface area contributed by atoms with Gasteiger partial charge in [0.15, 0.2) is 16.8 Å². The summed E-state index contributed by atoms with van der Waals surface area (Å²) < 4.78 is 2.84. The van der Waals surface area contributed by atoms with E-state index in [0.29, 0.717) is 16.5 Å². The lowest BCUT2D eigenvalue weighted by Gasteiger charge is -2.04. The highest BCUT2D eigenvalue weighted by Crippen LogP contribution is 2.23. The number of Topliss-reactive ketones (excluding diaryl/α,β-unsaturated/α-hetero) is 1. The van der Waals surface area contributed by atoms with Gasteiger partial charge in [0.2, 0.25) is 0 Å². The van der Waals surface area contributed by atoms with Gasteiger partial charge in [0.1, 0.15) is 0 Å². The number of halogens is 1. The number of benzene rings is 1. The van der Waals surface area contributed by atoms with Crippen LogP contribution in [0.5, 0.6) is 0 Å². The smallest absolute Gasteiger partial charge is 0.191 e. The minimum atomic E-state index is 0.0657. The maximum absolute atomic E-state index is 12.2. The highest BCUT2D eigenvalue weighted by molar-refractivity contribution is 9.10. The van der Waals surface area contributed by atoms with Gasteiger partial charge < -0.3 is 4.57 Å². The van der Waals surface area contributed by atoms with Crippen LogP contribution in [-0.4, -0.2) is 31.3 Å². The number of nitrogens with zero attached hydrogens (tertiary/aromatic N) is 4. The molecule has 0 atom stereocenters. The number of aromatic nitrogens is 4. The second-order valence-electron chi connectivity index (χ2n) is 4.82. The van der Waals surface area contributed by atoms with Crippen LogP contribution in [0.3, 0.4) is 0 Å². The molecule has 0 amide bonds. The van der Waals surface area contributed by atoms with E-state index >= 15 is 0 Å². The Kier molecular flexibility index (Phi) is 4.88. The third kappa shape index (κ3) is 3.68. The van der Waals surface area contributed by atoms with Gasteiger partial charge in [-0.05, 0) is 24.3 Å². The molecule has 5 nitrogen and oxygen atoms in total. The molecule has 1 aromatic carbocycles. The van der Waals surface area contributed by atoms with Crippen LogP contribution in [0.1, 0.15) is 10.4 Å². The van der Waals surface area contributed by atoms with E-state index in [0.717, 1.165) is 15.9 Å². The molecule has 23 heavy (non-hydrogen) atoms. The molecule has 116 valence electrons. The standard InChI is InChI=1S/C16H13BrN4OS/c1-21-15(12-6-8-18-9-7-12)19-20-16(21)23-10-14(22)11-2-4-13(17)5-3-11/h2-9H,10H2,1H3. The Morgan fingerprint density at radius 1 is 1.13 bits per heavy atom. The maximum atomic E-state index is 12.2. The second-order valence-corrected chi connectivity index (χ2v) is 6.68. The van der Waals surface area contributed by atoms with Crippen molar-refractivity contribution in [3.05, 3.63) is 58.8 Å². The van der Waals surface area contributed by atoms with Crippen LogP contribution >= 0.6 is 27.7 Å². The second kappa shape index (κ2) is 7.06. The van der Waals surface area contributed by atoms with Crippen molar-refractivity contribution in [2.24, 2.45) is 7.05 Å². The van der Waals surface area contributed by atoms with Gasteiger partial charge in [0, 0.05) is 35.0 Å². The summed E-state index contributed by atoms with van der Waals surface area (Å²) in [5.41, 5.74) is 1.64. The molecule has 0 aliphatic heterocycles. The Morgan fingerprint density at radius 3 is 2.52 bits per heavy atom. The maximum Gasteiger partial charge on any atom is 0.191 e. The first-order valence-corrected chi connectivity index (χ1v) is 8.64. The molecule has 0 saturated heterocycles. The number of pyridine rings is 1. The lowest BCUT2D eigenvalue weighted by atomic mass is 10.2. The van der Waals surface area contributed by atoms with Crippen molar-refractivity contribution < 1.29 is 4.79 Å². The Bertz CT molecular complexity index is 818. The Balaban J connectivity index is 1.71. The predicted octanol–water partition coefficient (Wildman–Crippen LogP) is 3.61. The van der Waals surface area contributed by atoms with Gasteiger partial charge in [-0.1, -0.05) is 39.8 Å². The van der Waals surface area contributed by atoms with Crippen molar-refractivity contribution in [1.29, 1.82) is 0 Å². The number of carbonyl (C=O) groups is 1. The molecular formula is C16H13BrN4OS. The Hall–Kier alpha value is -1.99. The molecule has 0 unspecified atom stereocenters. The lowest BCUT2D eigenvalue weighted by molar-refractivity contribution is 0.102. The van der Waals surface area contributed by atoms with E-state index in [4.69, 9.17) is 0 Å². The molecule has 0 spiro atoms. The fraction of sp³-hybridized carbons (Fsp3) is 0.125. The molecule has 3 rings (SSSR count). The largest absolute Gasteiger partial charge is 0.305 e. The van der Waals surface area contributed by atoms with Crippen molar-refractivity contribution in [3.8, 4) is 11.4 Å². The van der Waals surface area contributed by atoms with Gasteiger partial charge in [-0.25, -0.2) is 0 Å². The predicted molar refractivity (Wildman–Crippen MR) is 93.4 cm³/mol. The molecular weight excluding hydrogens is 376 g/mol. The summed E-state index contributed by atoms with van der Waals surface area (Å²) in [5, 5.41) is 9.07. The highest BCUT2D eigenvalue weighted by Gasteiger charge is 2.13. The van der Waals surface area contributed by atoms with Crippen LogP contribution in [0.4, 0.5) is 0 Å². The molecule has 0 saturated carbocycles. The highest BCUT2D eigenvalue weighted by atomic mass is 79.9. The molecule has 0 aliphatic carbocycles. The van der Waals surface area contributed by atoms with Gasteiger partial charge in [-0.2, -0.15) is 0 Å². The van der Waals surface area contributed by atoms with Crippen LogP contribution in [0.2, 0.25) is 0 Å². The summed E-state index contributed by atoms with van der Waals surface area (Å²) in [5.74, 6) is 1.14. The fourth-order valence-electron chi connectivity index (χ4n) is 2.04. The first-order chi connectivity index (χ1) is 11.1. The SMILES string of the molecule is Cn1c(SCC(=O)c2ccc(Br)cc2)nnc1-c1ccncc1. The number of ketones is 1. The lowest BCUT2D eigenvalue weighted by Crippen LogP contribution is -2.03. The van der Waals surface area contributed by atoms with Crippen LogP contribution in [0.25, 0.3) is 11.4 Å². The zero-order valence-electron chi connectivity index (χ0n) is 12.3. The van der Waals surface area contributed by atoms with E-state index in [1.54, 1.807) is 12.4 Å². The Labute approximate surface area is 146 Å². The zero-order chi connectivity index (χ0) is 16.2. The van der Waals surface area contributed by atoms with Crippen LogP contribution in [-0.2, 0) is 7.05 Å². The molecule has 2 heterocycles. The number of hydrogen-bond donors (Lipinski definition) is 0. The fourth-order valence-corrected chi connectivity index (χ4v) is 3.11. The van der Waals surface area contributed by atoms with Gasteiger partial charge in [-0.3, -0.25) is 9.78 Å². The van der Waals surface area contributed by atoms with Crippen LogP contribution < -0.4 is 0 Å². The van der Waals surface area contributed by atoms with Gasteiger partial charge >= 0.3 is 0 Å². The molecule has 7 heteroatoms. The monoisotopic (exact) mass is 388 g/mol. The van der Waals surface area contributed by atoms with Crippen LogP contribution in [0.15, 0.2) is 58.4 Å². The van der Waals surface area contributed by atoms with Crippen molar-refractivity contribution in [3.63, 3.8) is 0 Å². The van der Waals surface area contributed by atoms with Crippen molar-refractivity contribution in [2.75, 3.05) is 5.75 Å². The van der Waals surface area contributed by atoms with Gasteiger partial charge in [0.25, 0.3) is 0 Å². The topological polar surface area (TPSA) is 60.7 Å². The number of carbonyl (C=O) groups excluding carboxylic acids is 1. The van der Waals surface area contributed by atoms with E-state index in [2.05, 4.69) is 31.1 Å². The summed E-state index contributed by atoms with van der Waals surface area (Å²) in [7, 11) is 1.89. The average Bonchev–Trinajstić information content (AvgIpc) is 2.95. The molecule has 3 aromatic rings. The minimum absolute atomic E-state index is 0.0657. The first-order valence-electron chi connectivity index (χ1n) is 6.86. The van der Waals surface area contributed by atoms with Gasteiger partial charge in [0.05, 0.1) is 5.75 Å². The summed E-state index contributed by atoms with van der Waals surface area (Å²) in [4.78, 5) is 16.2. The molecule has 2 aromatic heterocycles. The minimum Gasteiger partial charge on any atom is -0.305 e. The van der Waals surface area contributed by atoms with Gasteiger partial charge in [-0.15, -0.1) is 10.2 Å². The normalized spacial score (nSPS) is 10.7. The third-order valence-electron chi connectivity index (χ3n) is 3.27. The summed E-state index contributed by atoms with van der Waals surface area (Å²) in [6.45, 7) is 0. The van der Waals surface area contributed by atoms with Crippen LogP contribution in [0, 0.1) is 0 Å². The molecule has 0 bridgehead atoms. The Morgan fingerprint density at radius 2 is 1.83 bits per heavy atom. The van der Waals surface area contributed by atoms with Crippen molar-refractivity contribution in [1.82, 2.24) is 19.7 Å². The van der Waals surface area contributed by atoms with E-state index in [9.17, 15) is 4.79 Å². The zero-order valence-corrected chi connectivity index (χ0v) is 14.7. The van der Waals surface area contributed by atoms with Crippen molar-refractivity contribution >= 4 is 33.5 Å². The van der Waals surface area contributed by atoms with E-state index in [1.807, 2.05) is 48.0 Å². The molecule has 0 fully saturated rings. The number of rotatable bonds is 5. The van der Waals surface area contributed by atoms with E-state index < -0.39 is 0 Å². The third-order valence-corrected chi connectivity index (χ3v) is 4.82. The number of hydrogen-bond acceptors (Lipinski definition) is 5. The van der Waals surface area contributed by atoms with E-state index in [1.165, 1.54) is 11.8 Å². The molecule has 0 radical (unpaired) electrons. The quantitative estimate of drug-likeness (QED) is 0.493. The molecule has 0 N–H and O–H groups in total. The molecule has 0 aliphatic rings. The average molecular weight is 389 g/mol. The summed E-state index contributed by atoms with van der Waals surface area (Å²) in [6.07, 6.45) is 3.43. The van der Waals surface area contributed by atoms with E-state index in [-0.39, 0.29) is 5.78 Å². The van der Waals surface area contributed by atoms with Crippen molar-refractivity contribution in [2.45, 2.75) is 5.16 Å². The first kappa shape index (κ1) is 15.9. The summed E-state index contributed by atoms with van der Waals surface area (Å²) in [6, 6.07) is 11.1.